The first-order chi connectivity index (χ1) is 10.9. The molecule has 23 heavy (non-hydrogen) atoms. The van der Waals surface area contributed by atoms with Crippen LogP contribution >= 0.6 is 0 Å². The zero-order valence-electron chi connectivity index (χ0n) is 14.0. The zero-order valence-corrected chi connectivity index (χ0v) is 14.0. The van der Waals surface area contributed by atoms with Gasteiger partial charge in [0.05, 0.1) is 12.8 Å². The van der Waals surface area contributed by atoms with Crippen molar-refractivity contribution in [3.05, 3.63) is 60.1 Å². The predicted molar refractivity (Wildman–Crippen MR) is 89.8 cm³/mol. The van der Waals surface area contributed by atoms with Gasteiger partial charge >= 0.3 is 0 Å². The van der Waals surface area contributed by atoms with Crippen LogP contribution in [0.4, 0.5) is 0 Å². The molecule has 2 aromatic rings. The molecule has 1 heterocycles. The van der Waals surface area contributed by atoms with Gasteiger partial charge in [-0.15, -0.1) is 0 Å². The molecule has 1 aromatic heterocycles. The number of aliphatic hydroxyl groups is 1. The highest BCUT2D eigenvalue weighted by Crippen LogP contribution is 2.21. The molecular weight excluding hydrogens is 290 g/mol. The van der Waals surface area contributed by atoms with Gasteiger partial charge in [0, 0.05) is 5.92 Å². The summed E-state index contributed by atoms with van der Waals surface area (Å²) < 4.78 is 5.23. The summed E-state index contributed by atoms with van der Waals surface area (Å²) in [6, 6.07) is 13.4. The molecule has 4 heteroatoms. The van der Waals surface area contributed by atoms with E-state index < -0.39 is 5.60 Å². The Hall–Kier alpha value is -2.07. The quantitative estimate of drug-likeness (QED) is 0.825. The molecule has 0 fully saturated rings. The number of hydrogen-bond acceptors (Lipinski definition) is 3. The number of carbonyl (C=O) groups excluding carboxylic acids is 1. The molecule has 2 unspecified atom stereocenters. The van der Waals surface area contributed by atoms with E-state index in [1.807, 2.05) is 44.2 Å². The van der Waals surface area contributed by atoms with Crippen molar-refractivity contribution >= 4 is 5.91 Å². The fraction of sp³-hybridized carbons (Fsp3) is 0.421. The van der Waals surface area contributed by atoms with Crippen molar-refractivity contribution in [1.29, 1.82) is 0 Å². The van der Waals surface area contributed by atoms with Crippen LogP contribution in [0.3, 0.4) is 0 Å². The summed E-state index contributed by atoms with van der Waals surface area (Å²) in [5.74, 6) is 0.478. The third kappa shape index (κ3) is 4.70. The smallest absolute Gasteiger partial charge is 0.223 e. The summed E-state index contributed by atoms with van der Waals surface area (Å²) in [4.78, 5) is 12.6. The molecule has 0 aliphatic heterocycles. The average Bonchev–Trinajstić information content (AvgIpc) is 3.06. The van der Waals surface area contributed by atoms with Gasteiger partial charge in [-0.1, -0.05) is 44.2 Å². The molecule has 1 amide bonds. The third-order valence-corrected chi connectivity index (χ3v) is 4.10. The molecule has 0 bridgehead atoms. The van der Waals surface area contributed by atoms with Gasteiger partial charge in [0.25, 0.3) is 0 Å². The van der Waals surface area contributed by atoms with Crippen LogP contribution in [-0.2, 0) is 16.8 Å². The molecule has 4 nitrogen and oxygen atoms in total. The van der Waals surface area contributed by atoms with Crippen LogP contribution in [0.15, 0.2) is 53.1 Å². The number of rotatable bonds is 7. The summed E-state index contributed by atoms with van der Waals surface area (Å²) in [5, 5.41) is 13.3. The lowest BCUT2D eigenvalue weighted by atomic mass is 9.88. The molecule has 2 N–H and O–H groups in total. The molecule has 2 atom stereocenters. The second kappa shape index (κ2) is 7.47. The highest BCUT2D eigenvalue weighted by atomic mass is 16.4. The van der Waals surface area contributed by atoms with Crippen LogP contribution in [0.5, 0.6) is 0 Å². The van der Waals surface area contributed by atoms with Crippen LogP contribution in [-0.4, -0.2) is 17.6 Å². The first kappa shape index (κ1) is 17.3. The average molecular weight is 315 g/mol. The van der Waals surface area contributed by atoms with Crippen LogP contribution < -0.4 is 5.32 Å². The molecule has 124 valence electrons. The Morgan fingerprint density at radius 1 is 1.22 bits per heavy atom. The van der Waals surface area contributed by atoms with Gasteiger partial charge in [0.2, 0.25) is 5.91 Å². The van der Waals surface area contributed by atoms with Gasteiger partial charge in [-0.25, -0.2) is 0 Å². The van der Waals surface area contributed by atoms with E-state index in [-0.39, 0.29) is 24.3 Å². The second-order valence-electron chi connectivity index (χ2n) is 6.51. The number of furan rings is 1. The fourth-order valence-electron chi connectivity index (χ4n) is 2.56. The van der Waals surface area contributed by atoms with E-state index in [2.05, 4.69) is 5.32 Å². The molecule has 0 saturated heterocycles. The Balaban J connectivity index is 1.99. The van der Waals surface area contributed by atoms with Crippen molar-refractivity contribution in [2.24, 2.45) is 11.8 Å². The van der Waals surface area contributed by atoms with Crippen molar-refractivity contribution in [1.82, 2.24) is 5.32 Å². The maximum Gasteiger partial charge on any atom is 0.223 e. The maximum absolute atomic E-state index is 12.6. The van der Waals surface area contributed by atoms with E-state index in [4.69, 9.17) is 4.42 Å². The van der Waals surface area contributed by atoms with Crippen molar-refractivity contribution in [3.63, 3.8) is 0 Å². The number of nitrogens with one attached hydrogen (secondary N) is 1. The van der Waals surface area contributed by atoms with Crippen molar-refractivity contribution < 1.29 is 14.3 Å². The van der Waals surface area contributed by atoms with Crippen LogP contribution in [0, 0.1) is 11.8 Å². The molecule has 0 spiro atoms. The lowest BCUT2D eigenvalue weighted by molar-refractivity contribution is -0.127. The van der Waals surface area contributed by atoms with Gasteiger partial charge in [0.1, 0.15) is 11.4 Å². The Labute approximate surface area is 137 Å². The molecule has 0 saturated carbocycles. The van der Waals surface area contributed by atoms with Gasteiger partial charge < -0.3 is 14.8 Å². The van der Waals surface area contributed by atoms with E-state index >= 15 is 0 Å². The molecule has 1 aromatic carbocycles. The zero-order chi connectivity index (χ0) is 16.9. The van der Waals surface area contributed by atoms with E-state index in [1.54, 1.807) is 19.1 Å². The largest absolute Gasteiger partial charge is 0.466 e. The lowest BCUT2D eigenvalue weighted by Gasteiger charge is -2.25. The molecule has 0 aliphatic rings. The Bertz CT molecular complexity index is 603. The minimum atomic E-state index is -1.21. The SMILES string of the molecule is CC(C)C(Cc1ccccc1)C(=O)NCC(C)(O)c1ccco1. The van der Waals surface area contributed by atoms with Crippen molar-refractivity contribution in [2.75, 3.05) is 6.54 Å². The third-order valence-electron chi connectivity index (χ3n) is 4.10. The van der Waals surface area contributed by atoms with Crippen LogP contribution in [0.2, 0.25) is 0 Å². The van der Waals surface area contributed by atoms with Gasteiger partial charge in [-0.05, 0) is 37.0 Å². The molecule has 2 rings (SSSR count). The Morgan fingerprint density at radius 2 is 1.91 bits per heavy atom. The van der Waals surface area contributed by atoms with E-state index in [9.17, 15) is 9.90 Å². The normalized spacial score (nSPS) is 15.2. The summed E-state index contributed by atoms with van der Waals surface area (Å²) in [6.07, 6.45) is 2.20. The van der Waals surface area contributed by atoms with E-state index in [0.29, 0.717) is 12.2 Å². The summed E-state index contributed by atoms with van der Waals surface area (Å²) in [5.41, 5.74) is -0.0767. The van der Waals surface area contributed by atoms with Crippen molar-refractivity contribution in [2.45, 2.75) is 32.8 Å². The number of amides is 1. The minimum absolute atomic E-state index is 0.0457. The van der Waals surface area contributed by atoms with E-state index in [0.717, 1.165) is 5.56 Å². The maximum atomic E-state index is 12.6. The lowest BCUT2D eigenvalue weighted by Crippen LogP contribution is -2.42. The number of carbonyl (C=O) groups is 1. The first-order valence-corrected chi connectivity index (χ1v) is 7.98. The van der Waals surface area contributed by atoms with Crippen LogP contribution in [0.1, 0.15) is 32.1 Å². The molecule has 0 aliphatic carbocycles. The number of benzene rings is 1. The highest BCUT2D eigenvalue weighted by Gasteiger charge is 2.29. The van der Waals surface area contributed by atoms with Gasteiger partial charge in [-0.2, -0.15) is 0 Å². The number of hydrogen-bond donors (Lipinski definition) is 2. The first-order valence-electron chi connectivity index (χ1n) is 7.98. The Morgan fingerprint density at radius 3 is 2.48 bits per heavy atom. The summed E-state index contributed by atoms with van der Waals surface area (Å²) in [7, 11) is 0. The summed E-state index contributed by atoms with van der Waals surface area (Å²) in [6.45, 7) is 5.83. The Kier molecular flexibility index (Phi) is 5.61. The van der Waals surface area contributed by atoms with Crippen molar-refractivity contribution in [3.8, 4) is 0 Å². The summed E-state index contributed by atoms with van der Waals surface area (Å²) >= 11 is 0. The van der Waals surface area contributed by atoms with E-state index in [1.165, 1.54) is 6.26 Å². The standard InChI is InChI=1S/C19H25NO3/c1-14(2)16(12-15-8-5-4-6-9-15)18(21)20-13-19(3,22)17-10-7-11-23-17/h4-11,14,16,22H,12-13H2,1-3H3,(H,20,21). The topological polar surface area (TPSA) is 62.5 Å². The fourth-order valence-corrected chi connectivity index (χ4v) is 2.56. The minimum Gasteiger partial charge on any atom is -0.466 e. The predicted octanol–water partition coefficient (Wildman–Crippen LogP) is 3.12. The van der Waals surface area contributed by atoms with Crippen LogP contribution in [0.25, 0.3) is 0 Å². The second-order valence-corrected chi connectivity index (χ2v) is 6.51. The van der Waals surface area contributed by atoms with Gasteiger partial charge in [-0.3, -0.25) is 4.79 Å². The highest BCUT2D eigenvalue weighted by molar-refractivity contribution is 5.79. The molecular formula is C19H25NO3. The molecule has 0 radical (unpaired) electrons. The monoisotopic (exact) mass is 315 g/mol. The van der Waals surface area contributed by atoms with Gasteiger partial charge in [0.15, 0.2) is 0 Å².